The Balaban J connectivity index is 2.21. The fraction of sp³-hybridized carbons (Fsp3) is 0.200. The van der Waals surface area contributed by atoms with Gasteiger partial charge in [-0.25, -0.2) is 0 Å². The molecule has 12 heavy (non-hydrogen) atoms. The van der Waals surface area contributed by atoms with Crippen molar-refractivity contribution in [3.63, 3.8) is 0 Å². The summed E-state index contributed by atoms with van der Waals surface area (Å²) in [7, 11) is 0. The van der Waals surface area contributed by atoms with Gasteiger partial charge in [-0.1, -0.05) is 12.1 Å². The molecule has 0 spiro atoms. The van der Waals surface area contributed by atoms with Crippen LogP contribution in [0, 0.1) is 0 Å². The number of fused-ring (bicyclic) bond motifs is 1. The molecule has 1 aliphatic heterocycles. The maximum Gasteiger partial charge on any atom is 0.134 e. The van der Waals surface area contributed by atoms with Crippen molar-refractivity contribution >= 4 is 11.0 Å². The lowest BCUT2D eigenvalue weighted by atomic mass is 10.1. The highest BCUT2D eigenvalue weighted by Crippen LogP contribution is 2.31. The summed E-state index contributed by atoms with van der Waals surface area (Å²) < 4.78 is 10.5. The second-order valence-electron chi connectivity index (χ2n) is 3.04. The maximum absolute atomic E-state index is 5.28. The number of ether oxygens (including phenoxy) is 1. The Bertz CT molecular complexity index is 412. The van der Waals surface area contributed by atoms with Crippen LogP contribution in [-0.4, -0.2) is 6.61 Å². The molecule has 1 fully saturated rings. The van der Waals surface area contributed by atoms with E-state index >= 15 is 0 Å². The molecule has 0 radical (unpaired) electrons. The molecular weight excluding hydrogens is 152 g/mol. The Morgan fingerprint density at radius 1 is 1.25 bits per heavy atom. The molecule has 1 aromatic carbocycles. The third kappa shape index (κ3) is 0.850. The van der Waals surface area contributed by atoms with Crippen LogP contribution in [0.5, 0.6) is 0 Å². The van der Waals surface area contributed by atoms with Gasteiger partial charge in [-0.15, -0.1) is 0 Å². The first-order valence-electron chi connectivity index (χ1n) is 4.02. The first-order valence-corrected chi connectivity index (χ1v) is 4.02. The molecule has 2 heterocycles. The minimum absolute atomic E-state index is 0.319. The van der Waals surface area contributed by atoms with Crippen LogP contribution >= 0.6 is 0 Å². The van der Waals surface area contributed by atoms with Crippen molar-refractivity contribution in [1.82, 2.24) is 0 Å². The van der Waals surface area contributed by atoms with Crippen LogP contribution < -0.4 is 0 Å². The summed E-state index contributed by atoms with van der Waals surface area (Å²) in [5, 5.41) is 1.15. The maximum atomic E-state index is 5.28. The fourth-order valence-corrected chi connectivity index (χ4v) is 1.41. The van der Waals surface area contributed by atoms with Gasteiger partial charge in [0.25, 0.3) is 0 Å². The van der Waals surface area contributed by atoms with E-state index in [2.05, 4.69) is 12.1 Å². The molecule has 2 aromatic rings. The van der Waals surface area contributed by atoms with Gasteiger partial charge in [0.2, 0.25) is 0 Å². The molecule has 60 valence electrons. The normalized spacial score (nSPS) is 21.5. The van der Waals surface area contributed by atoms with E-state index in [0.29, 0.717) is 6.10 Å². The predicted octanol–water partition coefficient (Wildman–Crippen LogP) is 2.50. The van der Waals surface area contributed by atoms with Crippen LogP contribution in [0.25, 0.3) is 11.0 Å². The number of rotatable bonds is 1. The van der Waals surface area contributed by atoms with Crippen LogP contribution in [-0.2, 0) is 4.74 Å². The summed E-state index contributed by atoms with van der Waals surface area (Å²) in [6.45, 7) is 0.853. The van der Waals surface area contributed by atoms with E-state index in [4.69, 9.17) is 9.15 Å². The Labute approximate surface area is 69.7 Å². The van der Waals surface area contributed by atoms with Gasteiger partial charge < -0.3 is 9.15 Å². The van der Waals surface area contributed by atoms with Gasteiger partial charge in [0.05, 0.1) is 12.9 Å². The van der Waals surface area contributed by atoms with Crippen LogP contribution in [0.1, 0.15) is 11.7 Å². The smallest absolute Gasteiger partial charge is 0.134 e. The van der Waals surface area contributed by atoms with Crippen LogP contribution in [0.3, 0.4) is 0 Å². The molecule has 0 bridgehead atoms. The lowest BCUT2D eigenvalue weighted by Gasteiger charge is -1.93. The van der Waals surface area contributed by atoms with Crippen molar-refractivity contribution in [2.24, 2.45) is 0 Å². The van der Waals surface area contributed by atoms with Gasteiger partial charge >= 0.3 is 0 Å². The summed E-state index contributed by atoms with van der Waals surface area (Å²) in [4.78, 5) is 0. The Hall–Kier alpha value is -1.28. The average molecular weight is 160 g/mol. The highest BCUT2D eigenvalue weighted by molar-refractivity contribution is 5.77. The van der Waals surface area contributed by atoms with Crippen molar-refractivity contribution in [3.8, 4) is 0 Å². The molecular formula is C10H8O2. The molecule has 0 saturated carbocycles. The van der Waals surface area contributed by atoms with Gasteiger partial charge in [0.15, 0.2) is 0 Å². The van der Waals surface area contributed by atoms with Gasteiger partial charge in [-0.05, 0) is 17.7 Å². The minimum atomic E-state index is 0.319. The monoisotopic (exact) mass is 160 g/mol. The molecule has 2 heteroatoms. The Morgan fingerprint density at radius 2 is 2.17 bits per heavy atom. The van der Waals surface area contributed by atoms with Gasteiger partial charge in [0, 0.05) is 5.39 Å². The summed E-state index contributed by atoms with van der Waals surface area (Å²) >= 11 is 0. The van der Waals surface area contributed by atoms with E-state index in [1.165, 1.54) is 5.56 Å². The number of benzene rings is 1. The van der Waals surface area contributed by atoms with E-state index in [1.54, 1.807) is 6.26 Å². The van der Waals surface area contributed by atoms with Crippen molar-refractivity contribution in [1.29, 1.82) is 0 Å². The second kappa shape index (κ2) is 2.11. The van der Waals surface area contributed by atoms with E-state index in [-0.39, 0.29) is 0 Å². The van der Waals surface area contributed by atoms with Crippen molar-refractivity contribution < 1.29 is 9.15 Å². The molecule has 1 aromatic heterocycles. The molecule has 0 N–H and O–H groups in total. The highest BCUT2D eigenvalue weighted by Gasteiger charge is 2.24. The summed E-state index contributed by atoms with van der Waals surface area (Å²) in [5.41, 5.74) is 2.17. The molecule has 1 atom stereocenters. The van der Waals surface area contributed by atoms with Gasteiger partial charge in [-0.2, -0.15) is 0 Å². The van der Waals surface area contributed by atoms with Crippen molar-refractivity contribution in [2.45, 2.75) is 6.10 Å². The van der Waals surface area contributed by atoms with Crippen molar-refractivity contribution in [3.05, 3.63) is 36.1 Å². The Kier molecular flexibility index (Phi) is 1.10. The predicted molar refractivity (Wildman–Crippen MR) is 44.9 cm³/mol. The zero-order valence-corrected chi connectivity index (χ0v) is 6.49. The number of hydrogen-bond donors (Lipinski definition) is 0. The first kappa shape index (κ1) is 6.26. The third-order valence-electron chi connectivity index (χ3n) is 2.19. The summed E-state index contributed by atoms with van der Waals surface area (Å²) in [5.74, 6) is 0. The first-order chi connectivity index (χ1) is 5.93. The van der Waals surface area contributed by atoms with Crippen LogP contribution in [0.4, 0.5) is 0 Å². The van der Waals surface area contributed by atoms with Crippen LogP contribution in [0.15, 0.2) is 34.9 Å². The topological polar surface area (TPSA) is 25.7 Å². The molecule has 0 amide bonds. The number of epoxide rings is 1. The molecule has 3 rings (SSSR count). The minimum Gasteiger partial charge on any atom is -0.464 e. The van der Waals surface area contributed by atoms with Gasteiger partial charge in [0.1, 0.15) is 11.7 Å². The van der Waals surface area contributed by atoms with E-state index in [9.17, 15) is 0 Å². The zero-order chi connectivity index (χ0) is 7.97. The number of furan rings is 1. The quantitative estimate of drug-likeness (QED) is 0.599. The fourth-order valence-electron chi connectivity index (χ4n) is 1.41. The van der Waals surface area contributed by atoms with E-state index in [1.807, 2.05) is 12.1 Å². The molecule has 2 nitrogen and oxygen atoms in total. The van der Waals surface area contributed by atoms with Crippen molar-refractivity contribution in [2.75, 3.05) is 6.61 Å². The second-order valence-corrected chi connectivity index (χ2v) is 3.04. The van der Waals surface area contributed by atoms with Crippen LogP contribution in [0.2, 0.25) is 0 Å². The summed E-state index contributed by atoms with van der Waals surface area (Å²) in [6.07, 6.45) is 2.03. The lowest BCUT2D eigenvalue weighted by Crippen LogP contribution is -1.77. The molecule has 0 aliphatic carbocycles. The largest absolute Gasteiger partial charge is 0.464 e. The van der Waals surface area contributed by atoms with E-state index < -0.39 is 0 Å². The average Bonchev–Trinajstić information content (AvgIpc) is 2.84. The summed E-state index contributed by atoms with van der Waals surface area (Å²) in [6, 6.07) is 8.17. The molecule has 1 saturated heterocycles. The third-order valence-corrected chi connectivity index (χ3v) is 2.19. The molecule has 1 aliphatic rings. The Morgan fingerprint density at radius 3 is 3.00 bits per heavy atom. The standard InChI is InChI=1S/C10H8O2/c1-2-8(10-6-12-10)5-9-7(1)3-4-11-9/h1-5,10H,6H2/t10-/m0/s1. The SMILES string of the molecule is c1cc2ccc([C@@H]3CO3)cc2o1. The number of hydrogen-bond acceptors (Lipinski definition) is 2. The zero-order valence-electron chi connectivity index (χ0n) is 6.49. The highest BCUT2D eigenvalue weighted by atomic mass is 16.6. The van der Waals surface area contributed by atoms with E-state index in [0.717, 1.165) is 17.6 Å². The lowest BCUT2D eigenvalue weighted by molar-refractivity contribution is 0.415. The molecule has 0 unspecified atom stereocenters. The van der Waals surface area contributed by atoms with Gasteiger partial charge in [-0.3, -0.25) is 0 Å².